The fourth-order valence-corrected chi connectivity index (χ4v) is 6.20. The zero-order valence-corrected chi connectivity index (χ0v) is 28.0. The van der Waals surface area contributed by atoms with Gasteiger partial charge in [-0.2, -0.15) is 13.2 Å². The van der Waals surface area contributed by atoms with Crippen LogP contribution in [0.5, 0.6) is 5.88 Å². The highest BCUT2D eigenvalue weighted by Crippen LogP contribution is 2.44. The molecule has 1 saturated heterocycles. The first-order valence-corrected chi connectivity index (χ1v) is 15.8. The van der Waals surface area contributed by atoms with E-state index in [1.807, 2.05) is 4.72 Å². The number of thiol groups is 1. The van der Waals surface area contributed by atoms with Gasteiger partial charge in [-0.3, -0.25) is 4.79 Å². The van der Waals surface area contributed by atoms with Crippen LogP contribution in [0.4, 0.5) is 19.0 Å². The highest BCUT2D eigenvalue weighted by Gasteiger charge is 2.60. The van der Waals surface area contributed by atoms with E-state index in [4.69, 9.17) is 33.1 Å². The highest BCUT2D eigenvalue weighted by molar-refractivity contribution is 7.95. The summed E-state index contributed by atoms with van der Waals surface area (Å²) in [6.45, 7) is 3.02. The van der Waals surface area contributed by atoms with Crippen LogP contribution in [0.3, 0.4) is 0 Å². The molecule has 3 rings (SSSR count). The second kappa shape index (κ2) is 12.9. The van der Waals surface area contributed by atoms with Gasteiger partial charge in [0.05, 0.1) is 35.0 Å². The Labute approximate surface area is 275 Å². The van der Waals surface area contributed by atoms with E-state index in [1.54, 1.807) is 13.8 Å². The first-order valence-electron chi connectivity index (χ1n) is 13.9. The Morgan fingerprint density at radius 1 is 1.28 bits per heavy atom. The van der Waals surface area contributed by atoms with E-state index in [2.05, 4.69) is 28.0 Å². The Morgan fingerprint density at radius 2 is 1.89 bits per heavy atom. The van der Waals surface area contributed by atoms with Gasteiger partial charge in [0, 0.05) is 32.1 Å². The molecule has 262 valence electrons. The molecule has 47 heavy (non-hydrogen) atoms. The molecule has 0 bridgehead atoms. The number of nitrogens with zero attached hydrogens (tertiary/aromatic N) is 4. The van der Waals surface area contributed by atoms with Gasteiger partial charge in [0.25, 0.3) is 15.9 Å². The lowest BCUT2D eigenvalue weighted by atomic mass is 9.82. The smallest absolute Gasteiger partial charge is 0.399 e. The second-order valence-corrected chi connectivity index (χ2v) is 14.5. The van der Waals surface area contributed by atoms with Crippen molar-refractivity contribution in [3.05, 3.63) is 41.1 Å². The van der Waals surface area contributed by atoms with Crippen molar-refractivity contribution in [1.82, 2.24) is 24.8 Å². The first-order chi connectivity index (χ1) is 21.3. The first kappa shape index (κ1) is 38.0. The van der Waals surface area contributed by atoms with E-state index in [0.717, 1.165) is 17.8 Å². The number of hydrogen-bond donors (Lipinski definition) is 9. The maximum absolute atomic E-state index is 13.6. The number of pyridine rings is 1. The second-order valence-electron chi connectivity index (χ2n) is 12.0. The number of halogens is 3. The lowest BCUT2D eigenvalue weighted by molar-refractivity contribution is -0.237. The molecule has 1 fully saturated rings. The molecule has 1 aliphatic heterocycles. The van der Waals surface area contributed by atoms with Gasteiger partial charge in [-0.1, -0.05) is 0 Å². The molecule has 2 aromatic rings. The van der Waals surface area contributed by atoms with Crippen LogP contribution >= 0.6 is 12.6 Å². The van der Waals surface area contributed by atoms with E-state index < -0.39 is 67.8 Å². The number of aliphatic hydroxyl groups is 1. The van der Waals surface area contributed by atoms with Gasteiger partial charge in [-0.25, -0.2) is 22.8 Å². The maximum atomic E-state index is 13.6. The number of ether oxygens (including phenoxy) is 1. The molecule has 1 amide bonds. The summed E-state index contributed by atoms with van der Waals surface area (Å²) in [5.41, 5.74) is 19.2. The van der Waals surface area contributed by atoms with Gasteiger partial charge in [-0.05, 0) is 39.8 Å². The summed E-state index contributed by atoms with van der Waals surface area (Å²) in [7, 11) is -3.13. The summed E-state index contributed by atoms with van der Waals surface area (Å²) in [6.07, 6.45) is -2.40. The van der Waals surface area contributed by atoms with E-state index in [-0.39, 0.29) is 35.3 Å². The number of carbonyl (C=O) groups is 1. The fraction of sp³-hybridized carbons (Fsp3) is 0.538. The van der Waals surface area contributed by atoms with Crippen molar-refractivity contribution >= 4 is 40.1 Å². The summed E-state index contributed by atoms with van der Waals surface area (Å²) in [5.74, 6) is -2.37. The van der Waals surface area contributed by atoms with Gasteiger partial charge >= 0.3 is 6.18 Å². The van der Waals surface area contributed by atoms with Crippen molar-refractivity contribution in [3.8, 4) is 11.7 Å². The van der Waals surface area contributed by atoms with Crippen LogP contribution in [-0.2, 0) is 10.0 Å². The van der Waals surface area contributed by atoms with Crippen molar-refractivity contribution in [2.24, 2.45) is 34.3 Å². The molecule has 0 spiro atoms. The van der Waals surface area contributed by atoms with Crippen molar-refractivity contribution < 1.29 is 36.2 Å². The molecule has 1 unspecified atom stereocenters. The molecule has 12 N–H and O–H groups in total. The zero-order chi connectivity index (χ0) is 36.0. The number of aromatic nitrogens is 3. The summed E-state index contributed by atoms with van der Waals surface area (Å²) in [4.78, 5) is 17.5. The molecule has 16 nitrogen and oxygen atoms in total. The molecule has 0 saturated carbocycles. The van der Waals surface area contributed by atoms with Gasteiger partial charge in [0.15, 0.2) is 5.82 Å². The van der Waals surface area contributed by atoms with E-state index in [0.29, 0.717) is 0 Å². The number of alkyl halides is 3. The standard InChI is InChI=1S/C26H40F3N11O5S2/c1-14(30)16(10-35-5)47(43,44)38-21(42)15-6-7-18(40-9-8-19(37-40)45-13-23(4,12-41)26(27,28)29)36-20(15)39-11-17(25(33,34)46)24(31,32)22(39,2)3/h6-10,17,30,35,41,46H,11-13,31-34H2,1-5H3,(H,38,42)/b16-10+,30-14?/t17-,23?/m1/s1. The fourth-order valence-electron chi connectivity index (χ4n) is 4.76. The quantitative estimate of drug-likeness (QED) is 0.0780. The number of rotatable bonds is 12. The molecule has 2 aromatic heterocycles. The molecule has 0 radical (unpaired) electrons. The van der Waals surface area contributed by atoms with Crippen LogP contribution in [0.25, 0.3) is 5.82 Å². The van der Waals surface area contributed by atoms with E-state index in [1.165, 1.54) is 43.3 Å². The highest BCUT2D eigenvalue weighted by atomic mass is 32.2. The minimum Gasteiger partial charge on any atom is -0.476 e. The Bertz CT molecular complexity index is 1660. The van der Waals surface area contributed by atoms with E-state index in [9.17, 15) is 31.5 Å². The number of nitrogens with two attached hydrogens (primary N) is 4. The van der Waals surface area contributed by atoms with Crippen molar-refractivity contribution in [2.75, 3.05) is 31.7 Å². The molecule has 2 atom stereocenters. The monoisotopic (exact) mass is 707 g/mol. The Morgan fingerprint density at radius 3 is 2.38 bits per heavy atom. The molecule has 3 heterocycles. The zero-order valence-electron chi connectivity index (χ0n) is 26.3. The summed E-state index contributed by atoms with van der Waals surface area (Å²) >= 11 is 4.27. The van der Waals surface area contributed by atoms with Gasteiger partial charge < -0.3 is 48.4 Å². The summed E-state index contributed by atoms with van der Waals surface area (Å²) < 4.78 is 74.7. The molecular weight excluding hydrogens is 667 g/mol. The molecular formula is C26H40F3N11O5S2. The molecule has 0 aromatic carbocycles. The van der Waals surface area contributed by atoms with Crippen LogP contribution in [-0.4, -0.2) is 89.1 Å². The van der Waals surface area contributed by atoms with Gasteiger partial charge in [-0.15, -0.1) is 17.7 Å². The van der Waals surface area contributed by atoms with Crippen LogP contribution in [0.2, 0.25) is 0 Å². The number of hydrogen-bond acceptors (Lipinski definition) is 15. The van der Waals surface area contributed by atoms with Crippen LogP contribution in [0.15, 0.2) is 35.5 Å². The van der Waals surface area contributed by atoms with Crippen molar-refractivity contribution in [3.63, 3.8) is 0 Å². The minimum atomic E-state index is -4.76. The predicted molar refractivity (Wildman–Crippen MR) is 171 cm³/mol. The van der Waals surface area contributed by atoms with Crippen LogP contribution < -0.4 is 42.6 Å². The van der Waals surface area contributed by atoms with E-state index >= 15 is 0 Å². The SMILES string of the molecule is CN/C=C(\C(C)=N)S(=O)(=O)NC(=O)c1ccc(-n2ccc(OCC(C)(CO)C(F)(F)F)n2)nc1N1C[C@@H](C(N)(N)S)C(N)(N)C1(C)C. The number of anilines is 1. The third-order valence-corrected chi connectivity index (χ3v) is 9.90. The van der Waals surface area contributed by atoms with Crippen molar-refractivity contribution in [2.45, 2.75) is 50.1 Å². The molecule has 1 aliphatic rings. The number of aliphatic hydroxyl groups excluding tert-OH is 1. The average molecular weight is 708 g/mol. The topological polar surface area (TPSA) is 267 Å². The number of nitrogens with one attached hydrogen (secondary N) is 3. The lowest BCUT2D eigenvalue weighted by Gasteiger charge is -2.44. The normalized spacial score (nSPS) is 19.7. The van der Waals surface area contributed by atoms with Gasteiger partial charge in [0.1, 0.15) is 27.7 Å². The maximum Gasteiger partial charge on any atom is 0.399 e. The number of amides is 1. The predicted octanol–water partition coefficient (Wildman–Crippen LogP) is -0.303. The number of allylic oxidation sites excluding steroid dienone is 1. The molecule has 21 heteroatoms. The minimum absolute atomic E-state index is 0.0256. The summed E-state index contributed by atoms with van der Waals surface area (Å²) in [6, 6.07) is 3.80. The lowest BCUT2D eigenvalue weighted by Crippen LogP contribution is -2.73. The Balaban J connectivity index is 2.13. The van der Waals surface area contributed by atoms with Crippen molar-refractivity contribution in [1.29, 1.82) is 5.41 Å². The Hall–Kier alpha value is -3.47. The number of sulfonamides is 1. The third-order valence-electron chi connectivity index (χ3n) is 8.13. The van der Waals surface area contributed by atoms with Gasteiger partial charge in [0.2, 0.25) is 5.88 Å². The Kier molecular flexibility index (Phi) is 10.4. The summed E-state index contributed by atoms with van der Waals surface area (Å²) in [5, 5.41) is 23.8. The number of carbonyl (C=O) groups excluding carboxylic acids is 1. The van der Waals surface area contributed by atoms with Crippen LogP contribution in [0.1, 0.15) is 38.1 Å². The average Bonchev–Trinajstić information content (AvgIpc) is 3.48. The third kappa shape index (κ3) is 7.34. The largest absolute Gasteiger partial charge is 0.476 e. The molecule has 0 aliphatic carbocycles. The van der Waals surface area contributed by atoms with Crippen LogP contribution in [0, 0.1) is 16.7 Å².